The Kier molecular flexibility index (Phi) is 3.71. The van der Waals surface area contributed by atoms with Crippen LogP contribution in [0.1, 0.15) is 27.7 Å². The van der Waals surface area contributed by atoms with E-state index in [2.05, 4.69) is 5.32 Å². The number of nitrogens with one attached hydrogen (secondary N) is 1. The molecule has 13 heavy (non-hydrogen) atoms. The van der Waals surface area contributed by atoms with Gasteiger partial charge < -0.3 is 15.2 Å². The molecule has 1 amide bonds. The molecule has 0 radical (unpaired) electrons. The molecule has 0 unspecified atom stereocenters. The third-order valence-electron chi connectivity index (χ3n) is 1.10. The van der Waals surface area contributed by atoms with E-state index in [0.29, 0.717) is 0 Å². The Morgan fingerprint density at radius 2 is 1.85 bits per heavy atom. The van der Waals surface area contributed by atoms with Crippen LogP contribution < -0.4 is 5.32 Å². The van der Waals surface area contributed by atoms with Crippen molar-refractivity contribution in [2.24, 2.45) is 0 Å². The summed E-state index contributed by atoms with van der Waals surface area (Å²) in [4.78, 5) is 21.3. The number of carboxylic acid groups (broad SMARTS) is 1. The molecular weight excluding hydrogens is 175 g/mol. The minimum atomic E-state index is -1.09. The summed E-state index contributed by atoms with van der Waals surface area (Å²) in [7, 11) is 0. The second kappa shape index (κ2) is 4.11. The zero-order valence-corrected chi connectivity index (χ0v) is 8.25. The van der Waals surface area contributed by atoms with Crippen molar-refractivity contribution in [1.82, 2.24) is 5.32 Å². The number of ether oxygens (including phenoxy) is 1. The zero-order chi connectivity index (χ0) is 10.6. The van der Waals surface area contributed by atoms with Crippen molar-refractivity contribution in [1.29, 1.82) is 0 Å². The van der Waals surface area contributed by atoms with Crippen LogP contribution >= 0.6 is 0 Å². The fraction of sp³-hybridized carbons (Fsp3) is 0.750. The lowest BCUT2D eigenvalue weighted by Gasteiger charge is -2.20. The van der Waals surface area contributed by atoms with Crippen molar-refractivity contribution >= 4 is 12.1 Å². The molecule has 0 aromatic rings. The van der Waals surface area contributed by atoms with Crippen LogP contribution in [0.15, 0.2) is 0 Å². The average Bonchev–Trinajstić information content (AvgIpc) is 1.81. The van der Waals surface area contributed by atoms with Gasteiger partial charge in [-0.15, -0.1) is 0 Å². The molecule has 1 atom stereocenters. The number of amides is 1. The van der Waals surface area contributed by atoms with Crippen molar-refractivity contribution in [3.8, 4) is 0 Å². The molecule has 0 saturated heterocycles. The van der Waals surface area contributed by atoms with E-state index in [4.69, 9.17) is 9.84 Å². The van der Waals surface area contributed by atoms with Gasteiger partial charge in [0.1, 0.15) is 11.6 Å². The third-order valence-corrected chi connectivity index (χ3v) is 1.10. The molecule has 0 aliphatic carbocycles. The van der Waals surface area contributed by atoms with Crippen LogP contribution in [-0.4, -0.2) is 28.8 Å². The number of carboxylic acids is 1. The fourth-order valence-electron chi connectivity index (χ4n) is 0.546. The highest BCUT2D eigenvalue weighted by Gasteiger charge is 2.20. The maximum atomic E-state index is 11.0. The molecule has 0 spiro atoms. The second-order valence-electron chi connectivity index (χ2n) is 3.71. The molecule has 0 heterocycles. The Morgan fingerprint density at radius 1 is 1.38 bits per heavy atom. The van der Waals surface area contributed by atoms with Crippen LogP contribution in [0.3, 0.4) is 0 Å². The molecule has 0 aliphatic heterocycles. The topological polar surface area (TPSA) is 75.6 Å². The van der Waals surface area contributed by atoms with Gasteiger partial charge in [-0.3, -0.25) is 4.79 Å². The van der Waals surface area contributed by atoms with Crippen LogP contribution in [0.5, 0.6) is 0 Å². The standard InChI is InChI=1S/C8H15NO4/c1-5(6(10)11)9-7(12)13-8(2,3)4/h5H,1-4H3,(H,9,12)(H,10,11)/t5-/m1/s1/i9+1. The molecule has 2 N–H and O–H groups in total. The molecule has 0 fully saturated rings. The van der Waals surface area contributed by atoms with Gasteiger partial charge in [0.2, 0.25) is 0 Å². The largest absolute Gasteiger partial charge is 0.480 e. The van der Waals surface area contributed by atoms with Crippen LogP contribution in [-0.2, 0) is 9.53 Å². The fourth-order valence-corrected chi connectivity index (χ4v) is 0.546. The molecule has 0 aromatic carbocycles. The highest BCUT2D eigenvalue weighted by atomic mass is 16.6. The normalized spacial score (nSPS) is 13.2. The SMILES string of the molecule is C[C@@H]([15NH]C(=O)OC(C)(C)C)C(=O)O. The van der Waals surface area contributed by atoms with Gasteiger partial charge in [-0.25, -0.2) is 4.79 Å². The molecule has 5 heteroatoms. The Bertz CT molecular complexity index is 207. The van der Waals surface area contributed by atoms with Gasteiger partial charge in [-0.05, 0) is 27.7 Å². The lowest BCUT2D eigenvalue weighted by Crippen LogP contribution is -2.41. The zero-order valence-electron chi connectivity index (χ0n) is 8.25. The van der Waals surface area contributed by atoms with E-state index in [1.807, 2.05) is 0 Å². The Morgan fingerprint density at radius 3 is 2.15 bits per heavy atom. The van der Waals surface area contributed by atoms with Crippen molar-refractivity contribution in [2.75, 3.05) is 0 Å². The quantitative estimate of drug-likeness (QED) is 0.636. The van der Waals surface area contributed by atoms with Crippen molar-refractivity contribution in [3.05, 3.63) is 0 Å². The Balaban J connectivity index is 3.96. The van der Waals surface area contributed by atoms with Gasteiger partial charge in [-0.1, -0.05) is 0 Å². The minimum Gasteiger partial charge on any atom is -0.480 e. The average molecular weight is 190 g/mol. The Labute approximate surface area is 77.1 Å². The highest BCUT2D eigenvalue weighted by Crippen LogP contribution is 2.06. The number of hydrogen-bond acceptors (Lipinski definition) is 3. The smallest absolute Gasteiger partial charge is 0.408 e. The first-order valence-electron chi connectivity index (χ1n) is 3.94. The summed E-state index contributed by atoms with van der Waals surface area (Å²) < 4.78 is 4.85. The first-order valence-corrected chi connectivity index (χ1v) is 3.94. The van der Waals surface area contributed by atoms with Gasteiger partial charge in [-0.2, -0.15) is 0 Å². The maximum absolute atomic E-state index is 11.0. The third kappa shape index (κ3) is 5.95. The van der Waals surface area contributed by atoms with Crippen molar-refractivity contribution in [3.63, 3.8) is 0 Å². The number of aliphatic carboxylic acids is 1. The number of carbonyl (C=O) groups excluding carboxylic acids is 1. The van der Waals surface area contributed by atoms with Gasteiger partial charge in [0.25, 0.3) is 0 Å². The van der Waals surface area contributed by atoms with Gasteiger partial charge in [0.05, 0.1) is 0 Å². The first-order chi connectivity index (χ1) is 5.72. The first kappa shape index (κ1) is 11.7. The van der Waals surface area contributed by atoms with Gasteiger partial charge in [0.15, 0.2) is 0 Å². The Hall–Kier alpha value is -1.26. The lowest BCUT2D eigenvalue weighted by atomic mass is 10.2. The van der Waals surface area contributed by atoms with E-state index in [-0.39, 0.29) is 0 Å². The monoisotopic (exact) mass is 190 g/mol. The molecule has 0 aliphatic rings. The second-order valence-corrected chi connectivity index (χ2v) is 3.71. The number of carbonyl (C=O) groups is 2. The maximum Gasteiger partial charge on any atom is 0.408 e. The van der Waals surface area contributed by atoms with E-state index in [1.54, 1.807) is 20.8 Å². The van der Waals surface area contributed by atoms with E-state index < -0.39 is 23.7 Å². The minimum absolute atomic E-state index is 0.609. The van der Waals surface area contributed by atoms with Crippen LogP contribution in [0.25, 0.3) is 0 Å². The molecule has 76 valence electrons. The molecule has 0 bridgehead atoms. The van der Waals surface area contributed by atoms with Gasteiger partial charge >= 0.3 is 12.1 Å². The summed E-state index contributed by atoms with van der Waals surface area (Å²) in [5.41, 5.74) is -0.609. The van der Waals surface area contributed by atoms with Gasteiger partial charge in [0, 0.05) is 0 Å². The molecule has 0 aromatic heterocycles. The van der Waals surface area contributed by atoms with Crippen LogP contribution in [0, 0.1) is 0 Å². The summed E-state index contributed by atoms with van der Waals surface area (Å²) in [6.45, 7) is 6.49. The van der Waals surface area contributed by atoms with E-state index >= 15 is 0 Å². The molecule has 5 nitrogen and oxygen atoms in total. The molecular formula is C8H15NO4. The van der Waals surface area contributed by atoms with Crippen molar-refractivity contribution < 1.29 is 19.4 Å². The summed E-state index contributed by atoms with van der Waals surface area (Å²) in [6, 6.07) is -0.935. The summed E-state index contributed by atoms with van der Waals surface area (Å²) in [6.07, 6.45) is -0.720. The summed E-state index contributed by atoms with van der Waals surface area (Å²) in [5, 5.41) is 10.6. The number of rotatable bonds is 2. The van der Waals surface area contributed by atoms with Crippen LogP contribution in [0.2, 0.25) is 0 Å². The van der Waals surface area contributed by atoms with E-state index in [0.717, 1.165) is 0 Å². The number of hydrogen-bond donors (Lipinski definition) is 2. The molecule has 0 saturated carbocycles. The lowest BCUT2D eigenvalue weighted by molar-refractivity contribution is -0.139. The predicted molar refractivity (Wildman–Crippen MR) is 46.5 cm³/mol. The summed E-state index contributed by atoms with van der Waals surface area (Å²) in [5.74, 6) is -1.09. The predicted octanol–water partition coefficient (Wildman–Crippen LogP) is 0.984. The molecule has 0 rings (SSSR count). The highest BCUT2D eigenvalue weighted by molar-refractivity contribution is 5.79. The van der Waals surface area contributed by atoms with Crippen LogP contribution in [0.4, 0.5) is 4.79 Å². The van der Waals surface area contributed by atoms with E-state index in [1.165, 1.54) is 6.92 Å². The number of alkyl carbamates (subject to hydrolysis) is 1. The summed E-state index contributed by atoms with van der Waals surface area (Å²) >= 11 is 0. The van der Waals surface area contributed by atoms with E-state index in [9.17, 15) is 9.59 Å². The van der Waals surface area contributed by atoms with Crippen molar-refractivity contribution in [2.45, 2.75) is 39.3 Å².